The van der Waals surface area contributed by atoms with Crippen LogP contribution in [0, 0.1) is 20.2 Å². The third kappa shape index (κ3) is 1.78. The van der Waals surface area contributed by atoms with Crippen LogP contribution in [-0.2, 0) is 6.54 Å². The van der Waals surface area contributed by atoms with Gasteiger partial charge in [-0.1, -0.05) is 17.7 Å². The first kappa shape index (κ1) is 14.0. The lowest BCUT2D eigenvalue weighted by atomic mass is 10.0. The van der Waals surface area contributed by atoms with Gasteiger partial charge in [0, 0.05) is 27.6 Å². The van der Waals surface area contributed by atoms with E-state index in [4.69, 9.17) is 11.6 Å². The Morgan fingerprint density at radius 1 is 1.26 bits per heavy atom. The highest BCUT2D eigenvalue weighted by molar-refractivity contribution is 6.30. The van der Waals surface area contributed by atoms with E-state index < -0.39 is 9.57 Å². The first-order valence-corrected chi connectivity index (χ1v) is 7.14. The van der Waals surface area contributed by atoms with Crippen molar-refractivity contribution in [1.82, 2.24) is 4.65 Å². The molecule has 2 aromatic carbocycles. The van der Waals surface area contributed by atoms with E-state index in [1.807, 2.05) is 0 Å². The highest BCUT2D eigenvalue weighted by atomic mass is 35.5. The summed E-state index contributed by atoms with van der Waals surface area (Å²) >= 11 is 5.95. The number of hydrogen-bond acceptors (Lipinski definition) is 4. The van der Waals surface area contributed by atoms with E-state index in [1.165, 1.54) is 24.3 Å². The third-order valence-electron chi connectivity index (χ3n) is 4.13. The fourth-order valence-electron chi connectivity index (χ4n) is 3.13. The molecule has 4 rings (SSSR count). The maximum Gasteiger partial charge on any atom is 0.429 e. The fourth-order valence-corrected chi connectivity index (χ4v) is 3.31. The van der Waals surface area contributed by atoms with Gasteiger partial charge < -0.3 is 5.21 Å². The van der Waals surface area contributed by atoms with E-state index in [-0.39, 0.29) is 29.4 Å². The fraction of sp³-hybridized carbons (Fsp3) is 0.0667. The van der Waals surface area contributed by atoms with Crippen molar-refractivity contribution in [3.63, 3.8) is 0 Å². The molecule has 0 amide bonds. The number of quaternary nitrogens is 1. The van der Waals surface area contributed by atoms with E-state index in [9.17, 15) is 20.2 Å². The largest absolute Gasteiger partial charge is 0.617 e. The number of nitrogens with zero attached hydrogens (tertiary/aromatic N) is 3. The van der Waals surface area contributed by atoms with Crippen molar-refractivity contribution in [2.45, 2.75) is 6.54 Å². The summed E-state index contributed by atoms with van der Waals surface area (Å²) in [4.78, 5) is 23.1. The van der Waals surface area contributed by atoms with Crippen molar-refractivity contribution in [2.24, 2.45) is 0 Å². The van der Waals surface area contributed by atoms with Crippen LogP contribution < -0.4 is 4.65 Å². The van der Waals surface area contributed by atoms with Crippen LogP contribution in [0.1, 0.15) is 11.1 Å². The number of hydroxylamine groups is 2. The normalized spacial score (nSPS) is 21.3. The van der Waals surface area contributed by atoms with Gasteiger partial charge in [-0.15, -0.1) is 0 Å². The van der Waals surface area contributed by atoms with Crippen molar-refractivity contribution < 1.29 is 9.68 Å². The smallest absolute Gasteiger partial charge is 0.429 e. The maximum atomic E-state index is 13.4. The molecule has 23 heavy (non-hydrogen) atoms. The van der Waals surface area contributed by atoms with Crippen LogP contribution >= 0.6 is 11.6 Å². The minimum atomic E-state index is -1.16. The number of rotatable bonds is 1. The molecule has 0 aromatic heterocycles. The van der Waals surface area contributed by atoms with E-state index >= 15 is 0 Å². The highest BCUT2D eigenvalue weighted by Crippen LogP contribution is 2.53. The molecule has 0 fully saturated rings. The van der Waals surface area contributed by atoms with Crippen LogP contribution in [0.2, 0.25) is 5.02 Å². The molecule has 7 nitrogen and oxygen atoms in total. The monoisotopic (exact) mass is 330 g/mol. The molecule has 0 aliphatic carbocycles. The van der Waals surface area contributed by atoms with Gasteiger partial charge in [-0.3, -0.25) is 10.1 Å². The molecule has 0 N–H and O–H groups in total. The van der Waals surface area contributed by atoms with Crippen LogP contribution in [0.4, 0.5) is 17.1 Å². The molecular weight excluding hydrogens is 322 g/mol. The van der Waals surface area contributed by atoms with E-state index in [2.05, 4.69) is 0 Å². The van der Waals surface area contributed by atoms with Gasteiger partial charge in [0.1, 0.15) is 11.3 Å². The third-order valence-corrected chi connectivity index (χ3v) is 4.37. The lowest BCUT2D eigenvalue weighted by Gasteiger charge is -2.34. The van der Waals surface area contributed by atoms with Crippen molar-refractivity contribution >= 4 is 34.7 Å². The molecule has 0 saturated heterocycles. The lowest BCUT2D eigenvalue weighted by Crippen LogP contribution is -2.42. The number of nitroso groups, excluding NO2 is 1. The summed E-state index contributed by atoms with van der Waals surface area (Å²) in [7, 11) is 0. The summed E-state index contributed by atoms with van der Waals surface area (Å²) in [6, 6.07) is 9.08. The molecule has 1 atom stereocenters. The van der Waals surface area contributed by atoms with Gasteiger partial charge in [-0.25, -0.2) is 4.65 Å². The van der Waals surface area contributed by atoms with E-state index in [0.29, 0.717) is 20.9 Å². The number of benzene rings is 2. The SMILES string of the molecule is O=[N+]([O-])c1cccc2c1[N+]1([O-])Cc3ccc(Cl)cc3C=C1[N+]2=O. The zero-order valence-electron chi connectivity index (χ0n) is 11.6. The molecule has 8 heteroatoms. The van der Waals surface area contributed by atoms with Crippen LogP contribution in [0.5, 0.6) is 0 Å². The van der Waals surface area contributed by atoms with Crippen molar-refractivity contribution in [1.29, 1.82) is 0 Å². The van der Waals surface area contributed by atoms with Crippen molar-refractivity contribution in [3.05, 3.63) is 78.6 Å². The molecule has 2 aliphatic rings. The predicted octanol–water partition coefficient (Wildman–Crippen LogP) is 3.99. The summed E-state index contributed by atoms with van der Waals surface area (Å²) in [5, 5.41) is 25.1. The molecule has 0 spiro atoms. The number of para-hydroxylation sites is 1. The molecule has 0 radical (unpaired) electrons. The average Bonchev–Trinajstić information content (AvgIpc) is 2.74. The molecule has 2 aliphatic heterocycles. The van der Waals surface area contributed by atoms with Crippen LogP contribution in [0.25, 0.3) is 6.08 Å². The summed E-state index contributed by atoms with van der Waals surface area (Å²) in [6.45, 7) is -0.0884. The first-order chi connectivity index (χ1) is 10.9. The van der Waals surface area contributed by atoms with Crippen LogP contribution in [0.15, 0.2) is 42.2 Å². The van der Waals surface area contributed by atoms with Gasteiger partial charge in [-0.05, 0) is 23.8 Å². The zero-order valence-corrected chi connectivity index (χ0v) is 12.4. The minimum Gasteiger partial charge on any atom is -0.617 e. The predicted molar refractivity (Wildman–Crippen MR) is 84.7 cm³/mol. The Bertz CT molecular complexity index is 940. The number of fused-ring (bicyclic) bond motifs is 4. The summed E-state index contributed by atoms with van der Waals surface area (Å²) in [5.74, 6) is -0.0935. The molecule has 0 bridgehead atoms. The Balaban J connectivity index is 2.02. The Labute approximate surface area is 134 Å². The van der Waals surface area contributed by atoms with Gasteiger partial charge in [0.05, 0.1) is 11.0 Å². The van der Waals surface area contributed by atoms with Crippen LogP contribution in [-0.4, -0.2) is 9.68 Å². The molecule has 2 aromatic rings. The van der Waals surface area contributed by atoms with Crippen molar-refractivity contribution in [2.75, 3.05) is 0 Å². The van der Waals surface area contributed by atoms with Gasteiger partial charge >= 0.3 is 17.2 Å². The van der Waals surface area contributed by atoms with Gasteiger partial charge in [0.25, 0.3) is 5.69 Å². The molecule has 114 valence electrons. The highest BCUT2D eigenvalue weighted by Gasteiger charge is 2.58. The Morgan fingerprint density at radius 2 is 2.04 bits per heavy atom. The second kappa shape index (κ2) is 4.45. The zero-order chi connectivity index (χ0) is 16.4. The van der Waals surface area contributed by atoms with E-state index in [0.717, 1.165) is 0 Å². The number of nitro groups is 1. The second-order valence-electron chi connectivity index (χ2n) is 5.44. The molecule has 2 heterocycles. The number of hydrogen-bond donors (Lipinski definition) is 0. The maximum absolute atomic E-state index is 13.4. The molecular formula is C15H9ClN3O4+. The Kier molecular flexibility index (Phi) is 2.71. The van der Waals surface area contributed by atoms with Gasteiger partial charge in [0.2, 0.25) is 0 Å². The average molecular weight is 331 g/mol. The van der Waals surface area contributed by atoms with Gasteiger partial charge in [0.15, 0.2) is 0 Å². The summed E-state index contributed by atoms with van der Waals surface area (Å²) in [6.07, 6.45) is 1.45. The minimum absolute atomic E-state index is 0.0133. The van der Waals surface area contributed by atoms with E-state index in [1.54, 1.807) is 18.2 Å². The second-order valence-corrected chi connectivity index (χ2v) is 5.88. The summed E-state index contributed by atoms with van der Waals surface area (Å²) < 4.78 is -0.691. The van der Waals surface area contributed by atoms with Gasteiger partial charge in [-0.2, -0.15) is 0 Å². The van der Waals surface area contributed by atoms with Crippen LogP contribution in [0.3, 0.4) is 0 Å². The Hall–Kier alpha value is -2.61. The molecule has 0 saturated carbocycles. The van der Waals surface area contributed by atoms with Crippen molar-refractivity contribution in [3.8, 4) is 0 Å². The molecule has 1 unspecified atom stereocenters. The standard InChI is InChI=1S/C15H9ClN3O4/c16-11-5-4-9-8-19(23)14(7-10(9)6-11)17(20)12-2-1-3-13(15(12)19)18(21)22/h1-7H,8H2/q+1. The summed E-state index contributed by atoms with van der Waals surface area (Å²) in [5.41, 5.74) is 0.902. The lowest BCUT2D eigenvalue weighted by molar-refractivity contribution is -0.410. The number of nitro benzene ring substituents is 1. The Morgan fingerprint density at radius 3 is 2.78 bits per heavy atom. The topological polar surface area (TPSA) is 86.3 Å². The first-order valence-electron chi connectivity index (χ1n) is 6.77. The quantitative estimate of drug-likeness (QED) is 0.260. The number of halogens is 1.